The van der Waals surface area contributed by atoms with E-state index in [0.29, 0.717) is 17.9 Å². The molecule has 0 saturated carbocycles. The molecule has 108 valence electrons. The average molecular weight is 285 g/mol. The van der Waals surface area contributed by atoms with Crippen LogP contribution in [0, 0.1) is 0 Å². The topological polar surface area (TPSA) is 84.2 Å². The van der Waals surface area contributed by atoms with Crippen molar-refractivity contribution in [3.63, 3.8) is 0 Å². The third-order valence-corrected chi connectivity index (χ3v) is 4.31. The van der Waals surface area contributed by atoms with Gasteiger partial charge in [-0.3, -0.25) is 0 Å². The third kappa shape index (κ3) is 4.72. The first-order valence-electron chi connectivity index (χ1n) is 6.64. The highest BCUT2D eigenvalue weighted by atomic mass is 32.2. The van der Waals surface area contributed by atoms with Crippen molar-refractivity contribution in [2.24, 2.45) is 0 Å². The monoisotopic (exact) mass is 285 g/mol. The highest BCUT2D eigenvalue weighted by Crippen LogP contribution is 2.22. The fourth-order valence-electron chi connectivity index (χ4n) is 1.73. The molecule has 1 aromatic carbocycles. The molecule has 0 aliphatic heterocycles. The number of nitrogens with one attached hydrogen (secondary N) is 2. The SMILES string of the molecule is CCCCCNc1cc(S(=O)(=O)NCC)ccc1N. The Morgan fingerprint density at radius 3 is 2.58 bits per heavy atom. The number of rotatable bonds is 8. The van der Waals surface area contributed by atoms with Crippen LogP contribution in [-0.4, -0.2) is 21.5 Å². The molecule has 6 heteroatoms. The normalized spacial score (nSPS) is 11.5. The van der Waals surface area contributed by atoms with E-state index < -0.39 is 10.0 Å². The fourth-order valence-corrected chi connectivity index (χ4v) is 2.79. The number of anilines is 2. The molecule has 0 amide bonds. The Morgan fingerprint density at radius 2 is 1.95 bits per heavy atom. The molecule has 1 aromatic rings. The first-order valence-corrected chi connectivity index (χ1v) is 8.12. The molecule has 0 heterocycles. The van der Waals surface area contributed by atoms with Crippen LogP contribution in [0.2, 0.25) is 0 Å². The minimum absolute atomic E-state index is 0.238. The summed E-state index contributed by atoms with van der Waals surface area (Å²) in [6.45, 7) is 5.05. The van der Waals surface area contributed by atoms with Gasteiger partial charge >= 0.3 is 0 Å². The Hall–Kier alpha value is -1.27. The molecule has 0 unspecified atom stereocenters. The van der Waals surface area contributed by atoms with Gasteiger partial charge in [-0.15, -0.1) is 0 Å². The maximum atomic E-state index is 11.9. The summed E-state index contributed by atoms with van der Waals surface area (Å²) in [7, 11) is -3.43. The van der Waals surface area contributed by atoms with Gasteiger partial charge in [0.1, 0.15) is 0 Å². The van der Waals surface area contributed by atoms with E-state index in [2.05, 4.69) is 17.0 Å². The number of nitrogens with two attached hydrogens (primary N) is 1. The van der Waals surface area contributed by atoms with E-state index in [-0.39, 0.29) is 4.90 Å². The average Bonchev–Trinajstić information content (AvgIpc) is 2.36. The molecular formula is C13H23N3O2S. The van der Waals surface area contributed by atoms with Crippen molar-refractivity contribution >= 4 is 21.4 Å². The van der Waals surface area contributed by atoms with Gasteiger partial charge in [-0.05, 0) is 24.6 Å². The summed E-state index contributed by atoms with van der Waals surface area (Å²) in [4.78, 5) is 0.238. The zero-order valence-electron chi connectivity index (χ0n) is 11.6. The number of unbranched alkanes of at least 4 members (excludes halogenated alkanes) is 2. The van der Waals surface area contributed by atoms with Crippen molar-refractivity contribution in [1.82, 2.24) is 4.72 Å². The molecule has 0 aromatic heterocycles. The van der Waals surface area contributed by atoms with E-state index >= 15 is 0 Å². The minimum Gasteiger partial charge on any atom is -0.397 e. The van der Waals surface area contributed by atoms with Crippen LogP contribution in [0.5, 0.6) is 0 Å². The zero-order valence-corrected chi connectivity index (χ0v) is 12.4. The van der Waals surface area contributed by atoms with Crippen molar-refractivity contribution in [3.8, 4) is 0 Å². The molecular weight excluding hydrogens is 262 g/mol. The first-order chi connectivity index (χ1) is 9.01. The lowest BCUT2D eigenvalue weighted by Gasteiger charge is -2.11. The number of hydrogen-bond donors (Lipinski definition) is 3. The van der Waals surface area contributed by atoms with Crippen molar-refractivity contribution in [3.05, 3.63) is 18.2 Å². The molecule has 0 fully saturated rings. The predicted molar refractivity (Wildman–Crippen MR) is 79.7 cm³/mol. The predicted octanol–water partition coefficient (Wildman–Crippen LogP) is 2.17. The third-order valence-electron chi connectivity index (χ3n) is 2.77. The number of sulfonamides is 1. The number of hydrogen-bond acceptors (Lipinski definition) is 4. The summed E-state index contributed by atoms with van der Waals surface area (Å²) in [5.41, 5.74) is 7.08. The van der Waals surface area contributed by atoms with Gasteiger partial charge in [0, 0.05) is 13.1 Å². The fraction of sp³-hybridized carbons (Fsp3) is 0.538. The molecule has 1 rings (SSSR count). The van der Waals surface area contributed by atoms with Crippen LogP contribution in [0.1, 0.15) is 33.1 Å². The Kier molecular flexibility index (Phi) is 6.11. The van der Waals surface area contributed by atoms with Gasteiger partial charge in [0.05, 0.1) is 16.3 Å². The van der Waals surface area contributed by atoms with E-state index in [0.717, 1.165) is 25.8 Å². The molecule has 0 saturated heterocycles. The summed E-state index contributed by atoms with van der Waals surface area (Å²) in [5, 5.41) is 3.19. The molecule has 19 heavy (non-hydrogen) atoms. The first kappa shape index (κ1) is 15.8. The molecule has 5 nitrogen and oxygen atoms in total. The second-order valence-corrected chi connectivity index (χ2v) is 6.15. The van der Waals surface area contributed by atoms with Crippen LogP contribution in [0.25, 0.3) is 0 Å². The zero-order chi connectivity index (χ0) is 14.3. The summed E-state index contributed by atoms with van der Waals surface area (Å²) in [5.74, 6) is 0. The Balaban J connectivity index is 2.82. The van der Waals surface area contributed by atoms with Crippen LogP contribution < -0.4 is 15.8 Å². The van der Waals surface area contributed by atoms with Crippen molar-refractivity contribution in [2.45, 2.75) is 38.0 Å². The van der Waals surface area contributed by atoms with Gasteiger partial charge in [-0.1, -0.05) is 26.7 Å². The van der Waals surface area contributed by atoms with Crippen LogP contribution in [0.3, 0.4) is 0 Å². The molecule has 0 aliphatic rings. The maximum Gasteiger partial charge on any atom is 0.240 e. The van der Waals surface area contributed by atoms with Gasteiger partial charge in [0.25, 0.3) is 0 Å². The van der Waals surface area contributed by atoms with Crippen LogP contribution in [-0.2, 0) is 10.0 Å². The molecule has 4 N–H and O–H groups in total. The van der Waals surface area contributed by atoms with E-state index in [1.807, 2.05) is 0 Å². The van der Waals surface area contributed by atoms with Gasteiger partial charge in [-0.2, -0.15) is 0 Å². The largest absolute Gasteiger partial charge is 0.397 e. The number of nitrogen functional groups attached to an aromatic ring is 1. The van der Waals surface area contributed by atoms with Gasteiger partial charge in [0.15, 0.2) is 0 Å². The van der Waals surface area contributed by atoms with Gasteiger partial charge in [0.2, 0.25) is 10.0 Å². The van der Waals surface area contributed by atoms with Crippen LogP contribution >= 0.6 is 0 Å². The molecule has 0 aliphatic carbocycles. The van der Waals surface area contributed by atoms with Crippen molar-refractivity contribution in [1.29, 1.82) is 0 Å². The highest BCUT2D eigenvalue weighted by Gasteiger charge is 2.14. The van der Waals surface area contributed by atoms with Crippen molar-refractivity contribution in [2.75, 3.05) is 24.1 Å². The van der Waals surface area contributed by atoms with Gasteiger partial charge in [-0.25, -0.2) is 13.1 Å². The Labute approximate surface area is 115 Å². The molecule has 0 radical (unpaired) electrons. The summed E-state index contributed by atoms with van der Waals surface area (Å²) >= 11 is 0. The van der Waals surface area contributed by atoms with E-state index in [4.69, 9.17) is 5.73 Å². The smallest absolute Gasteiger partial charge is 0.240 e. The number of benzene rings is 1. The lowest BCUT2D eigenvalue weighted by Crippen LogP contribution is -2.23. The summed E-state index contributed by atoms with van der Waals surface area (Å²) in [6, 6.07) is 4.72. The highest BCUT2D eigenvalue weighted by molar-refractivity contribution is 7.89. The summed E-state index contributed by atoms with van der Waals surface area (Å²) in [6.07, 6.45) is 3.33. The maximum absolute atomic E-state index is 11.9. The van der Waals surface area contributed by atoms with E-state index in [1.54, 1.807) is 19.1 Å². The molecule has 0 bridgehead atoms. The quantitative estimate of drug-likeness (QED) is 0.505. The van der Waals surface area contributed by atoms with Crippen molar-refractivity contribution < 1.29 is 8.42 Å². The van der Waals surface area contributed by atoms with Crippen LogP contribution in [0.4, 0.5) is 11.4 Å². The summed E-state index contributed by atoms with van der Waals surface area (Å²) < 4.78 is 26.2. The standard InChI is InChI=1S/C13H23N3O2S/c1-3-5-6-9-15-13-10-11(7-8-12(13)14)19(17,18)16-4-2/h7-8,10,15-16H,3-6,9,14H2,1-2H3. The lowest BCUT2D eigenvalue weighted by atomic mass is 10.2. The van der Waals surface area contributed by atoms with Gasteiger partial charge < -0.3 is 11.1 Å². The van der Waals surface area contributed by atoms with E-state index in [9.17, 15) is 8.42 Å². The van der Waals surface area contributed by atoms with Crippen LogP contribution in [0.15, 0.2) is 23.1 Å². The second kappa shape index (κ2) is 7.35. The Bertz CT molecular complexity index is 501. The van der Waals surface area contributed by atoms with E-state index in [1.165, 1.54) is 6.07 Å². The minimum atomic E-state index is -3.43. The second-order valence-electron chi connectivity index (χ2n) is 4.38. The molecule has 0 spiro atoms. The lowest BCUT2D eigenvalue weighted by molar-refractivity contribution is 0.584. The Morgan fingerprint density at radius 1 is 1.21 bits per heavy atom. The molecule has 0 atom stereocenters.